The maximum atomic E-state index is 11.7. The van der Waals surface area contributed by atoms with Crippen LogP contribution < -0.4 is 5.32 Å². The number of carbonyl (C=O) groups excluding carboxylic acids is 1. The Labute approximate surface area is 127 Å². The lowest BCUT2D eigenvalue weighted by Crippen LogP contribution is -2.33. The smallest absolute Gasteiger partial charge is 0.303 e. The summed E-state index contributed by atoms with van der Waals surface area (Å²) in [6, 6.07) is 7.38. The molecule has 20 heavy (non-hydrogen) atoms. The summed E-state index contributed by atoms with van der Waals surface area (Å²) in [6.07, 6.45) is 0.891. The number of hydrogen-bond donors (Lipinski definition) is 2. The van der Waals surface area contributed by atoms with Gasteiger partial charge in [-0.2, -0.15) is 0 Å². The molecule has 4 nitrogen and oxygen atoms in total. The SMILES string of the molecule is CC(CCC(=O)O)NC(=O)CCSc1ccccc1Cl. The van der Waals surface area contributed by atoms with E-state index in [1.807, 2.05) is 31.2 Å². The first-order valence-electron chi connectivity index (χ1n) is 6.37. The maximum absolute atomic E-state index is 11.7. The first kappa shape index (κ1) is 16.9. The minimum Gasteiger partial charge on any atom is -0.481 e. The molecule has 0 fully saturated rings. The van der Waals surface area contributed by atoms with E-state index in [4.69, 9.17) is 16.7 Å². The molecule has 0 aliphatic carbocycles. The summed E-state index contributed by atoms with van der Waals surface area (Å²) in [5.41, 5.74) is 0. The highest BCUT2D eigenvalue weighted by molar-refractivity contribution is 7.99. The van der Waals surface area contributed by atoms with E-state index in [-0.39, 0.29) is 18.4 Å². The summed E-state index contributed by atoms with van der Waals surface area (Å²) >= 11 is 7.55. The third-order valence-corrected chi connectivity index (χ3v) is 4.14. The molecular weight excluding hydrogens is 298 g/mol. The largest absolute Gasteiger partial charge is 0.481 e. The fourth-order valence-electron chi connectivity index (χ4n) is 1.57. The van der Waals surface area contributed by atoms with Crippen LogP contribution in [-0.4, -0.2) is 28.8 Å². The Morgan fingerprint density at radius 3 is 2.70 bits per heavy atom. The molecule has 1 aromatic carbocycles. The van der Waals surface area contributed by atoms with Gasteiger partial charge in [0, 0.05) is 29.5 Å². The third-order valence-electron chi connectivity index (χ3n) is 2.62. The molecule has 1 rings (SSSR count). The van der Waals surface area contributed by atoms with E-state index in [2.05, 4.69) is 5.32 Å². The van der Waals surface area contributed by atoms with Gasteiger partial charge in [0.05, 0.1) is 5.02 Å². The van der Waals surface area contributed by atoms with Gasteiger partial charge in [-0.05, 0) is 25.5 Å². The summed E-state index contributed by atoms with van der Waals surface area (Å²) in [7, 11) is 0. The molecule has 0 saturated carbocycles. The van der Waals surface area contributed by atoms with Gasteiger partial charge >= 0.3 is 5.97 Å². The van der Waals surface area contributed by atoms with Gasteiger partial charge in [-0.1, -0.05) is 23.7 Å². The molecule has 6 heteroatoms. The lowest BCUT2D eigenvalue weighted by molar-refractivity contribution is -0.137. The van der Waals surface area contributed by atoms with Crippen LogP contribution in [0.15, 0.2) is 29.2 Å². The summed E-state index contributed by atoms with van der Waals surface area (Å²) in [5, 5.41) is 12.0. The normalized spacial score (nSPS) is 11.9. The number of benzene rings is 1. The zero-order chi connectivity index (χ0) is 15.0. The topological polar surface area (TPSA) is 66.4 Å². The van der Waals surface area contributed by atoms with E-state index in [1.54, 1.807) is 0 Å². The molecule has 0 spiro atoms. The van der Waals surface area contributed by atoms with Crippen molar-refractivity contribution in [3.05, 3.63) is 29.3 Å². The van der Waals surface area contributed by atoms with Crippen LogP contribution in [0.1, 0.15) is 26.2 Å². The standard InChI is InChI=1S/C14H18ClNO3S/c1-10(6-7-14(18)19)16-13(17)8-9-20-12-5-3-2-4-11(12)15/h2-5,10H,6-9H2,1H3,(H,16,17)(H,18,19). The van der Waals surface area contributed by atoms with Crippen molar-refractivity contribution >= 4 is 35.2 Å². The molecule has 110 valence electrons. The van der Waals surface area contributed by atoms with Gasteiger partial charge < -0.3 is 10.4 Å². The number of carboxylic acids is 1. The molecule has 0 aromatic heterocycles. The van der Waals surface area contributed by atoms with Crippen LogP contribution in [0, 0.1) is 0 Å². The lowest BCUT2D eigenvalue weighted by Gasteiger charge is -2.12. The average molecular weight is 316 g/mol. The predicted octanol–water partition coefficient (Wildman–Crippen LogP) is 3.19. The van der Waals surface area contributed by atoms with Gasteiger partial charge in [-0.3, -0.25) is 9.59 Å². The molecule has 0 aliphatic rings. The molecule has 1 amide bonds. The molecule has 0 aliphatic heterocycles. The number of rotatable bonds is 8. The Bertz CT molecular complexity index is 467. The highest BCUT2D eigenvalue weighted by Gasteiger charge is 2.09. The van der Waals surface area contributed by atoms with Gasteiger partial charge in [-0.25, -0.2) is 0 Å². The van der Waals surface area contributed by atoms with E-state index in [0.717, 1.165) is 4.90 Å². The van der Waals surface area contributed by atoms with Crippen molar-refractivity contribution in [2.75, 3.05) is 5.75 Å². The summed E-state index contributed by atoms with van der Waals surface area (Å²) < 4.78 is 0. The molecular formula is C14H18ClNO3S. The van der Waals surface area contributed by atoms with Crippen molar-refractivity contribution in [3.8, 4) is 0 Å². The monoisotopic (exact) mass is 315 g/mol. The van der Waals surface area contributed by atoms with Gasteiger partial charge in [0.15, 0.2) is 0 Å². The zero-order valence-electron chi connectivity index (χ0n) is 11.3. The Balaban J connectivity index is 2.23. The van der Waals surface area contributed by atoms with E-state index < -0.39 is 5.97 Å². The third kappa shape index (κ3) is 6.82. The summed E-state index contributed by atoms with van der Waals surface area (Å²) in [5.74, 6) is -0.274. The molecule has 2 N–H and O–H groups in total. The van der Waals surface area contributed by atoms with Gasteiger partial charge in [0.25, 0.3) is 0 Å². The van der Waals surface area contributed by atoms with Crippen LogP contribution in [0.4, 0.5) is 0 Å². The zero-order valence-corrected chi connectivity index (χ0v) is 12.8. The molecule has 0 heterocycles. The van der Waals surface area contributed by atoms with E-state index >= 15 is 0 Å². The second kappa shape index (κ2) is 8.87. The number of carboxylic acid groups (broad SMARTS) is 1. The highest BCUT2D eigenvalue weighted by Crippen LogP contribution is 2.26. The first-order chi connectivity index (χ1) is 9.49. The highest BCUT2D eigenvalue weighted by atomic mass is 35.5. The summed E-state index contributed by atoms with van der Waals surface area (Å²) in [6.45, 7) is 1.81. The van der Waals surface area contributed by atoms with Gasteiger partial charge in [0.1, 0.15) is 0 Å². The molecule has 0 bridgehead atoms. The minimum atomic E-state index is -0.847. The fourth-order valence-corrected chi connectivity index (χ4v) is 2.76. The molecule has 1 aromatic rings. The quantitative estimate of drug-likeness (QED) is 0.723. The number of halogens is 1. The average Bonchev–Trinajstić information content (AvgIpc) is 2.38. The number of aliphatic carboxylic acids is 1. The van der Waals surface area contributed by atoms with Gasteiger partial charge in [-0.15, -0.1) is 11.8 Å². The van der Waals surface area contributed by atoms with Crippen LogP contribution in [0.3, 0.4) is 0 Å². The number of carbonyl (C=O) groups is 2. The van der Waals surface area contributed by atoms with Crippen LogP contribution in [-0.2, 0) is 9.59 Å². The van der Waals surface area contributed by atoms with Crippen molar-refractivity contribution in [1.29, 1.82) is 0 Å². The minimum absolute atomic E-state index is 0.0653. The Morgan fingerprint density at radius 2 is 2.05 bits per heavy atom. The predicted molar refractivity (Wildman–Crippen MR) is 81.3 cm³/mol. The maximum Gasteiger partial charge on any atom is 0.303 e. The van der Waals surface area contributed by atoms with Crippen molar-refractivity contribution in [2.24, 2.45) is 0 Å². The molecule has 1 unspecified atom stereocenters. The first-order valence-corrected chi connectivity index (χ1v) is 7.74. The second-order valence-corrected chi connectivity index (χ2v) is 5.97. The van der Waals surface area contributed by atoms with Gasteiger partial charge in [0.2, 0.25) is 5.91 Å². The Kier molecular flexibility index (Phi) is 7.47. The van der Waals surface area contributed by atoms with Crippen molar-refractivity contribution in [1.82, 2.24) is 5.32 Å². The van der Waals surface area contributed by atoms with Crippen molar-refractivity contribution < 1.29 is 14.7 Å². The number of thioether (sulfide) groups is 1. The van der Waals surface area contributed by atoms with Crippen LogP contribution in [0.5, 0.6) is 0 Å². The van der Waals surface area contributed by atoms with Crippen LogP contribution >= 0.6 is 23.4 Å². The Morgan fingerprint density at radius 1 is 1.35 bits per heavy atom. The number of amides is 1. The van der Waals surface area contributed by atoms with Crippen molar-refractivity contribution in [2.45, 2.75) is 37.1 Å². The fraction of sp³-hybridized carbons (Fsp3) is 0.429. The van der Waals surface area contributed by atoms with E-state index in [1.165, 1.54) is 11.8 Å². The van der Waals surface area contributed by atoms with Crippen LogP contribution in [0.2, 0.25) is 5.02 Å². The molecule has 1 atom stereocenters. The van der Waals surface area contributed by atoms with E-state index in [9.17, 15) is 9.59 Å². The number of nitrogens with one attached hydrogen (secondary N) is 1. The molecule has 0 radical (unpaired) electrons. The Hall–Kier alpha value is -1.20. The van der Waals surface area contributed by atoms with Crippen molar-refractivity contribution in [3.63, 3.8) is 0 Å². The van der Waals surface area contributed by atoms with Crippen LogP contribution in [0.25, 0.3) is 0 Å². The molecule has 0 saturated heterocycles. The second-order valence-electron chi connectivity index (χ2n) is 4.43. The summed E-state index contributed by atoms with van der Waals surface area (Å²) in [4.78, 5) is 23.0. The van der Waals surface area contributed by atoms with E-state index in [0.29, 0.717) is 23.6 Å². The number of hydrogen-bond acceptors (Lipinski definition) is 3. The lowest BCUT2D eigenvalue weighted by atomic mass is 10.2.